The zero-order valence-corrected chi connectivity index (χ0v) is 12.3. The minimum Gasteiger partial charge on any atom is -0.508 e. The molecule has 110 valence electrons. The van der Waals surface area contributed by atoms with Gasteiger partial charge in [0.2, 0.25) is 0 Å². The molecule has 1 aromatic carbocycles. The van der Waals surface area contributed by atoms with Gasteiger partial charge in [0, 0.05) is 18.1 Å². The van der Waals surface area contributed by atoms with Gasteiger partial charge in [0.15, 0.2) is 0 Å². The van der Waals surface area contributed by atoms with Crippen LogP contribution in [0.2, 0.25) is 0 Å². The number of nitrogens with one attached hydrogen (secondary N) is 1. The van der Waals surface area contributed by atoms with Gasteiger partial charge in [0.05, 0.1) is 6.10 Å². The summed E-state index contributed by atoms with van der Waals surface area (Å²) in [5.74, 6) is 0.341. The van der Waals surface area contributed by atoms with Crippen molar-refractivity contribution in [3.8, 4) is 5.75 Å². The van der Waals surface area contributed by atoms with Crippen molar-refractivity contribution in [2.75, 3.05) is 13.2 Å². The summed E-state index contributed by atoms with van der Waals surface area (Å²) in [5, 5.41) is 13.0. The molecular formula is C17H25NO2. The van der Waals surface area contributed by atoms with Crippen molar-refractivity contribution in [3.63, 3.8) is 0 Å². The molecule has 2 aliphatic rings. The maximum absolute atomic E-state index is 9.28. The van der Waals surface area contributed by atoms with Crippen molar-refractivity contribution in [1.29, 1.82) is 0 Å². The fraction of sp³-hybridized carbons (Fsp3) is 0.647. The van der Waals surface area contributed by atoms with Crippen molar-refractivity contribution < 1.29 is 9.84 Å². The molecule has 0 radical (unpaired) electrons. The van der Waals surface area contributed by atoms with Crippen LogP contribution in [0.4, 0.5) is 0 Å². The molecule has 2 fully saturated rings. The van der Waals surface area contributed by atoms with Crippen molar-refractivity contribution in [1.82, 2.24) is 5.32 Å². The minimum absolute atomic E-state index is 0.341. The van der Waals surface area contributed by atoms with E-state index in [2.05, 4.69) is 12.2 Å². The summed E-state index contributed by atoms with van der Waals surface area (Å²) >= 11 is 0. The van der Waals surface area contributed by atoms with Crippen molar-refractivity contribution in [3.05, 3.63) is 29.8 Å². The third-order valence-corrected chi connectivity index (χ3v) is 5.18. The zero-order chi connectivity index (χ0) is 14.0. The van der Waals surface area contributed by atoms with E-state index >= 15 is 0 Å². The lowest BCUT2D eigenvalue weighted by molar-refractivity contribution is -0.172. The molecule has 0 amide bonds. The van der Waals surface area contributed by atoms with Gasteiger partial charge in [-0.1, -0.05) is 18.6 Å². The number of rotatable bonds is 6. The molecule has 3 rings (SSSR count). The molecule has 0 aliphatic heterocycles. The van der Waals surface area contributed by atoms with E-state index in [1.54, 1.807) is 12.1 Å². The summed E-state index contributed by atoms with van der Waals surface area (Å²) in [4.78, 5) is 0. The van der Waals surface area contributed by atoms with Crippen molar-refractivity contribution in [2.45, 2.75) is 51.2 Å². The van der Waals surface area contributed by atoms with Crippen LogP contribution in [0.25, 0.3) is 0 Å². The van der Waals surface area contributed by atoms with Gasteiger partial charge >= 0.3 is 0 Å². The number of ether oxygens (including phenoxy) is 1. The molecule has 3 heteroatoms. The number of hydrogen-bond donors (Lipinski definition) is 2. The largest absolute Gasteiger partial charge is 0.508 e. The van der Waals surface area contributed by atoms with Gasteiger partial charge in [0.1, 0.15) is 5.75 Å². The van der Waals surface area contributed by atoms with Gasteiger partial charge in [-0.15, -0.1) is 0 Å². The van der Waals surface area contributed by atoms with E-state index in [9.17, 15) is 5.11 Å². The van der Waals surface area contributed by atoms with Crippen LogP contribution >= 0.6 is 0 Å². The summed E-state index contributed by atoms with van der Waals surface area (Å²) in [6.45, 7) is 3.95. The van der Waals surface area contributed by atoms with Crippen LogP contribution in [-0.2, 0) is 11.2 Å². The lowest BCUT2D eigenvalue weighted by atomic mass is 9.51. The lowest BCUT2D eigenvalue weighted by Gasteiger charge is -2.61. The van der Waals surface area contributed by atoms with Crippen LogP contribution < -0.4 is 5.32 Å². The molecule has 2 aliphatic carbocycles. The number of phenols is 1. The summed E-state index contributed by atoms with van der Waals surface area (Å²) < 4.78 is 5.88. The van der Waals surface area contributed by atoms with Crippen LogP contribution in [0.5, 0.6) is 5.75 Å². The second kappa shape index (κ2) is 5.74. The predicted octanol–water partition coefficient (Wildman–Crippen LogP) is 2.87. The normalized spacial score (nSPS) is 27.1. The van der Waals surface area contributed by atoms with E-state index in [1.165, 1.54) is 31.2 Å². The highest BCUT2D eigenvalue weighted by Crippen LogP contribution is 2.57. The first-order chi connectivity index (χ1) is 9.74. The molecule has 2 N–H and O–H groups in total. The average molecular weight is 275 g/mol. The third kappa shape index (κ3) is 2.45. The van der Waals surface area contributed by atoms with E-state index in [0.29, 0.717) is 23.3 Å². The van der Waals surface area contributed by atoms with Crippen LogP contribution in [0.1, 0.15) is 38.2 Å². The molecule has 0 saturated heterocycles. The SMILES string of the molecule is CCOC1CC(NCCc2ccc(O)cc2)C12CCC2. The molecule has 2 unspecified atom stereocenters. The Labute approximate surface area is 121 Å². The molecular weight excluding hydrogens is 250 g/mol. The highest BCUT2D eigenvalue weighted by Gasteiger charge is 2.58. The number of aromatic hydroxyl groups is 1. The van der Waals surface area contributed by atoms with E-state index < -0.39 is 0 Å². The average Bonchev–Trinajstić information content (AvgIpc) is 2.37. The molecule has 20 heavy (non-hydrogen) atoms. The Morgan fingerprint density at radius 2 is 2.05 bits per heavy atom. The Balaban J connectivity index is 1.46. The van der Waals surface area contributed by atoms with Crippen molar-refractivity contribution in [2.24, 2.45) is 5.41 Å². The third-order valence-electron chi connectivity index (χ3n) is 5.18. The second-order valence-electron chi connectivity index (χ2n) is 6.19. The Morgan fingerprint density at radius 3 is 2.65 bits per heavy atom. The molecule has 0 bridgehead atoms. The molecule has 2 saturated carbocycles. The fourth-order valence-corrected chi connectivity index (χ4v) is 3.78. The number of phenolic OH excluding ortho intramolecular Hbond substituents is 1. The van der Waals surface area contributed by atoms with E-state index in [0.717, 1.165) is 19.6 Å². The summed E-state index contributed by atoms with van der Waals surface area (Å²) in [7, 11) is 0. The first kappa shape index (κ1) is 13.9. The number of benzene rings is 1. The Bertz CT molecular complexity index is 439. The van der Waals surface area contributed by atoms with E-state index in [-0.39, 0.29) is 0 Å². The monoisotopic (exact) mass is 275 g/mol. The van der Waals surface area contributed by atoms with Crippen LogP contribution in [0, 0.1) is 5.41 Å². The topological polar surface area (TPSA) is 41.5 Å². The molecule has 1 aromatic rings. The fourth-order valence-electron chi connectivity index (χ4n) is 3.78. The number of hydrogen-bond acceptors (Lipinski definition) is 3. The Kier molecular flexibility index (Phi) is 3.99. The molecule has 1 spiro atoms. The minimum atomic E-state index is 0.341. The van der Waals surface area contributed by atoms with E-state index in [4.69, 9.17) is 4.74 Å². The highest BCUT2D eigenvalue weighted by molar-refractivity contribution is 5.26. The Morgan fingerprint density at radius 1 is 1.30 bits per heavy atom. The molecule has 3 nitrogen and oxygen atoms in total. The summed E-state index contributed by atoms with van der Waals surface area (Å²) in [6.07, 6.45) is 6.70. The Hall–Kier alpha value is -1.06. The highest BCUT2D eigenvalue weighted by atomic mass is 16.5. The zero-order valence-electron chi connectivity index (χ0n) is 12.3. The van der Waals surface area contributed by atoms with E-state index in [1.807, 2.05) is 12.1 Å². The van der Waals surface area contributed by atoms with Gasteiger partial charge in [-0.2, -0.15) is 0 Å². The standard InChI is InChI=1S/C17H25NO2/c1-2-20-16-12-15(17(16)9-3-10-17)18-11-8-13-4-6-14(19)7-5-13/h4-7,15-16,18-19H,2-3,8-12H2,1H3. The second-order valence-corrected chi connectivity index (χ2v) is 6.19. The van der Waals surface area contributed by atoms with Crippen molar-refractivity contribution >= 4 is 0 Å². The maximum Gasteiger partial charge on any atom is 0.115 e. The quantitative estimate of drug-likeness (QED) is 0.839. The van der Waals surface area contributed by atoms with Crippen LogP contribution in [-0.4, -0.2) is 30.4 Å². The van der Waals surface area contributed by atoms with Crippen LogP contribution in [0.15, 0.2) is 24.3 Å². The van der Waals surface area contributed by atoms with Gasteiger partial charge < -0.3 is 15.2 Å². The lowest BCUT2D eigenvalue weighted by Crippen LogP contribution is -2.67. The molecule has 0 aromatic heterocycles. The smallest absolute Gasteiger partial charge is 0.115 e. The van der Waals surface area contributed by atoms with Gasteiger partial charge in [-0.3, -0.25) is 0 Å². The maximum atomic E-state index is 9.28. The summed E-state index contributed by atoms with van der Waals surface area (Å²) in [6, 6.07) is 8.17. The predicted molar refractivity (Wildman–Crippen MR) is 79.9 cm³/mol. The molecule has 0 heterocycles. The first-order valence-electron chi connectivity index (χ1n) is 7.87. The summed E-state index contributed by atoms with van der Waals surface area (Å²) in [5.41, 5.74) is 1.73. The first-order valence-corrected chi connectivity index (χ1v) is 7.87. The van der Waals surface area contributed by atoms with Crippen LogP contribution in [0.3, 0.4) is 0 Å². The van der Waals surface area contributed by atoms with Gasteiger partial charge in [-0.05, 0) is 56.8 Å². The molecule has 2 atom stereocenters. The van der Waals surface area contributed by atoms with Gasteiger partial charge in [-0.25, -0.2) is 0 Å². The van der Waals surface area contributed by atoms with Gasteiger partial charge in [0.25, 0.3) is 0 Å².